The van der Waals surface area contributed by atoms with Gasteiger partial charge in [0.05, 0.1) is 7.11 Å². The van der Waals surface area contributed by atoms with Gasteiger partial charge in [0, 0.05) is 20.6 Å². The van der Waals surface area contributed by atoms with E-state index < -0.39 is 15.0 Å². The third-order valence-corrected chi connectivity index (χ3v) is 5.32. The van der Waals surface area contributed by atoms with Crippen molar-refractivity contribution in [2.24, 2.45) is 0 Å². The van der Waals surface area contributed by atoms with Crippen LogP contribution in [0.4, 0.5) is 0 Å². The zero-order valence-corrected chi connectivity index (χ0v) is 13.2. The molecule has 1 aromatic carbocycles. The maximum Gasteiger partial charge on any atom is 0.349 e. The molecule has 0 N–H and O–H groups in total. The first-order valence-corrected chi connectivity index (χ1v) is 8.76. The SMILES string of the molecule is COC(=O)c1sc(-c2cccc(Cl)c2)cc1S(=O)(=O)Cl. The van der Waals surface area contributed by atoms with Gasteiger partial charge in [-0.25, -0.2) is 13.2 Å². The smallest absolute Gasteiger partial charge is 0.349 e. The number of ether oxygens (including phenoxy) is 1. The van der Waals surface area contributed by atoms with Gasteiger partial charge in [-0.2, -0.15) is 0 Å². The number of esters is 1. The second-order valence-corrected chi connectivity index (χ2v) is 7.77. The Morgan fingerprint density at radius 2 is 2.00 bits per heavy atom. The number of rotatable bonds is 3. The highest BCUT2D eigenvalue weighted by Gasteiger charge is 2.25. The Kier molecular flexibility index (Phi) is 4.39. The third kappa shape index (κ3) is 3.15. The molecule has 106 valence electrons. The van der Waals surface area contributed by atoms with Crippen LogP contribution in [0.3, 0.4) is 0 Å². The Hall–Kier alpha value is -1.08. The molecule has 4 nitrogen and oxygen atoms in total. The Morgan fingerprint density at radius 3 is 2.55 bits per heavy atom. The molecule has 0 fully saturated rings. The molecule has 0 bridgehead atoms. The molecule has 0 aliphatic rings. The normalized spacial score (nSPS) is 11.3. The number of thiophene rings is 1. The van der Waals surface area contributed by atoms with Crippen LogP contribution in [0.5, 0.6) is 0 Å². The molecule has 0 unspecified atom stereocenters. The first-order chi connectivity index (χ1) is 9.32. The summed E-state index contributed by atoms with van der Waals surface area (Å²) in [5, 5.41) is 0.505. The largest absolute Gasteiger partial charge is 0.465 e. The minimum Gasteiger partial charge on any atom is -0.465 e. The lowest BCUT2D eigenvalue weighted by Crippen LogP contribution is -2.03. The van der Waals surface area contributed by atoms with E-state index in [1.807, 2.05) is 0 Å². The van der Waals surface area contributed by atoms with Crippen molar-refractivity contribution in [2.75, 3.05) is 7.11 Å². The van der Waals surface area contributed by atoms with E-state index in [1.54, 1.807) is 24.3 Å². The van der Waals surface area contributed by atoms with Crippen molar-refractivity contribution < 1.29 is 17.9 Å². The van der Waals surface area contributed by atoms with Crippen molar-refractivity contribution in [3.05, 3.63) is 40.2 Å². The average molecular weight is 351 g/mol. The first kappa shape index (κ1) is 15.3. The Bertz CT molecular complexity index is 766. The second-order valence-electron chi connectivity index (χ2n) is 3.74. The van der Waals surface area contributed by atoms with E-state index >= 15 is 0 Å². The summed E-state index contributed by atoms with van der Waals surface area (Å²) in [5.74, 6) is -0.748. The van der Waals surface area contributed by atoms with E-state index in [9.17, 15) is 13.2 Å². The molecule has 0 spiro atoms. The Labute approximate surface area is 129 Å². The Balaban J connectivity index is 2.63. The molecule has 0 saturated carbocycles. The summed E-state index contributed by atoms with van der Waals surface area (Å²) in [5.41, 5.74) is 0.694. The van der Waals surface area contributed by atoms with Crippen molar-refractivity contribution >= 4 is 48.6 Å². The van der Waals surface area contributed by atoms with Crippen molar-refractivity contribution in [3.63, 3.8) is 0 Å². The zero-order valence-electron chi connectivity index (χ0n) is 10.1. The third-order valence-electron chi connectivity index (χ3n) is 2.44. The molecule has 2 rings (SSSR count). The maximum absolute atomic E-state index is 11.6. The minimum atomic E-state index is -4.04. The van der Waals surface area contributed by atoms with E-state index in [0.717, 1.165) is 11.3 Å². The van der Waals surface area contributed by atoms with E-state index in [0.29, 0.717) is 15.5 Å². The number of methoxy groups -OCH3 is 1. The summed E-state index contributed by atoms with van der Waals surface area (Å²) >= 11 is 6.87. The fraction of sp³-hybridized carbons (Fsp3) is 0.0833. The van der Waals surface area contributed by atoms with Crippen molar-refractivity contribution in [3.8, 4) is 10.4 Å². The van der Waals surface area contributed by atoms with Crippen molar-refractivity contribution in [2.45, 2.75) is 4.90 Å². The summed E-state index contributed by atoms with van der Waals surface area (Å²) in [7, 11) is 2.48. The Morgan fingerprint density at radius 1 is 1.30 bits per heavy atom. The number of carbonyl (C=O) groups is 1. The van der Waals surface area contributed by atoms with E-state index in [4.69, 9.17) is 22.3 Å². The summed E-state index contributed by atoms with van der Waals surface area (Å²) < 4.78 is 27.6. The lowest BCUT2D eigenvalue weighted by atomic mass is 10.2. The van der Waals surface area contributed by atoms with Crippen LogP contribution in [0.25, 0.3) is 10.4 Å². The van der Waals surface area contributed by atoms with Gasteiger partial charge in [0.1, 0.15) is 9.77 Å². The van der Waals surface area contributed by atoms with Gasteiger partial charge in [0.2, 0.25) is 0 Å². The van der Waals surface area contributed by atoms with Gasteiger partial charge < -0.3 is 4.74 Å². The molecule has 0 saturated heterocycles. The first-order valence-electron chi connectivity index (χ1n) is 5.25. The number of carbonyl (C=O) groups excluding carboxylic acids is 1. The lowest BCUT2D eigenvalue weighted by molar-refractivity contribution is 0.0602. The molecule has 2 aromatic rings. The summed E-state index contributed by atoms with van der Waals surface area (Å²) in [4.78, 5) is 11.9. The average Bonchev–Trinajstić information content (AvgIpc) is 2.82. The highest BCUT2D eigenvalue weighted by Crippen LogP contribution is 2.36. The van der Waals surface area contributed by atoms with Crippen LogP contribution in [0.15, 0.2) is 35.2 Å². The van der Waals surface area contributed by atoms with Gasteiger partial charge in [0.25, 0.3) is 9.05 Å². The number of hydrogen-bond donors (Lipinski definition) is 0. The fourth-order valence-corrected chi connectivity index (χ4v) is 4.33. The molecule has 0 amide bonds. The molecule has 1 aromatic heterocycles. The lowest BCUT2D eigenvalue weighted by Gasteiger charge is -1.97. The molecule has 1 heterocycles. The fourth-order valence-electron chi connectivity index (χ4n) is 1.57. The molecule has 0 atom stereocenters. The van der Waals surface area contributed by atoms with Crippen LogP contribution in [0, 0.1) is 0 Å². The quantitative estimate of drug-likeness (QED) is 0.624. The predicted octanol–water partition coefficient (Wildman–Crippen LogP) is 3.78. The molecule has 0 aliphatic carbocycles. The molecular weight excluding hydrogens is 343 g/mol. The van der Waals surface area contributed by atoms with Gasteiger partial charge in [0.15, 0.2) is 0 Å². The molecule has 20 heavy (non-hydrogen) atoms. The molecule has 8 heteroatoms. The maximum atomic E-state index is 11.6. The predicted molar refractivity (Wildman–Crippen MR) is 79.1 cm³/mol. The van der Waals surface area contributed by atoms with Gasteiger partial charge in [-0.1, -0.05) is 23.7 Å². The highest BCUT2D eigenvalue weighted by atomic mass is 35.7. The van der Waals surface area contributed by atoms with Crippen LogP contribution in [-0.2, 0) is 13.8 Å². The van der Waals surface area contributed by atoms with Crippen LogP contribution in [-0.4, -0.2) is 21.5 Å². The number of halogens is 2. The molecule has 0 radical (unpaired) electrons. The van der Waals surface area contributed by atoms with Crippen molar-refractivity contribution in [1.82, 2.24) is 0 Å². The van der Waals surface area contributed by atoms with Crippen molar-refractivity contribution in [1.29, 1.82) is 0 Å². The topological polar surface area (TPSA) is 60.4 Å². The monoisotopic (exact) mass is 350 g/mol. The van der Waals surface area contributed by atoms with E-state index in [-0.39, 0.29) is 9.77 Å². The molecular formula is C12H8Cl2O4S2. The minimum absolute atomic E-state index is 0.0579. The van der Waals surface area contributed by atoms with Crippen LogP contribution in [0.1, 0.15) is 9.67 Å². The van der Waals surface area contributed by atoms with Gasteiger partial charge in [-0.15, -0.1) is 11.3 Å². The summed E-state index contributed by atoms with van der Waals surface area (Å²) in [6.07, 6.45) is 0. The van der Waals surface area contributed by atoms with Crippen LogP contribution in [0.2, 0.25) is 5.02 Å². The van der Waals surface area contributed by atoms with Gasteiger partial charge in [-0.05, 0) is 23.8 Å². The summed E-state index contributed by atoms with van der Waals surface area (Å²) in [6.45, 7) is 0. The van der Waals surface area contributed by atoms with Gasteiger partial charge >= 0.3 is 5.97 Å². The van der Waals surface area contributed by atoms with Crippen LogP contribution >= 0.6 is 33.6 Å². The van der Waals surface area contributed by atoms with E-state index in [1.165, 1.54) is 13.2 Å². The van der Waals surface area contributed by atoms with Crippen LogP contribution < -0.4 is 0 Å². The second kappa shape index (κ2) is 5.73. The van der Waals surface area contributed by atoms with Gasteiger partial charge in [-0.3, -0.25) is 0 Å². The number of benzene rings is 1. The standard InChI is InChI=1S/C12H8Cl2O4S2/c1-18-12(15)11-10(20(14,16)17)6-9(19-11)7-3-2-4-8(13)5-7/h2-6H,1H3. The number of hydrogen-bond acceptors (Lipinski definition) is 5. The van der Waals surface area contributed by atoms with E-state index in [2.05, 4.69) is 4.74 Å². The highest BCUT2D eigenvalue weighted by molar-refractivity contribution is 8.13. The zero-order chi connectivity index (χ0) is 14.9. The molecule has 0 aliphatic heterocycles. The summed E-state index contributed by atoms with van der Waals surface area (Å²) in [6, 6.07) is 8.18.